The van der Waals surface area contributed by atoms with Crippen LogP contribution in [-0.4, -0.2) is 21.5 Å². The normalized spacial score (nSPS) is 21.3. The molecule has 0 aliphatic heterocycles. The number of para-hydroxylation sites is 1. The van der Waals surface area contributed by atoms with Crippen LogP contribution in [0.4, 0.5) is 0 Å². The number of nitrogens with one attached hydrogen (secondary N) is 1. The van der Waals surface area contributed by atoms with E-state index < -0.39 is 0 Å². The highest BCUT2D eigenvalue weighted by atomic mass is 16.2. The summed E-state index contributed by atoms with van der Waals surface area (Å²) in [6.45, 7) is 3.98. The van der Waals surface area contributed by atoms with Crippen molar-refractivity contribution in [3.63, 3.8) is 0 Å². The number of carbonyl (C=O) groups is 1. The Bertz CT molecular complexity index is 781. The average molecular weight is 313 g/mol. The fourth-order valence-electron chi connectivity index (χ4n) is 3.39. The van der Waals surface area contributed by atoms with Crippen molar-refractivity contribution in [2.45, 2.75) is 52.1 Å². The molecule has 0 unspecified atom stereocenters. The van der Waals surface area contributed by atoms with Crippen molar-refractivity contribution in [1.82, 2.24) is 14.9 Å². The van der Waals surface area contributed by atoms with E-state index in [1.54, 1.807) is 13.0 Å². The summed E-state index contributed by atoms with van der Waals surface area (Å²) in [5, 5.41) is 3.65. The zero-order valence-electron chi connectivity index (χ0n) is 13.7. The Morgan fingerprint density at radius 3 is 2.83 bits per heavy atom. The van der Waals surface area contributed by atoms with E-state index in [9.17, 15) is 9.59 Å². The predicted molar refractivity (Wildman–Crippen MR) is 90.3 cm³/mol. The standard InChI is InChI=1S/C18H23N3O2/c1-12-7-3-5-9-15(12)20-17(22)11-21-13(2)19-16-10-6-4-8-14(16)18(21)23/h4,6,8,10,12,15H,3,5,7,9,11H2,1-2H3,(H,20,22)/t12-,15-/m1/s1. The van der Waals surface area contributed by atoms with E-state index in [-0.39, 0.29) is 24.1 Å². The third kappa shape index (κ3) is 3.28. The maximum absolute atomic E-state index is 12.6. The molecule has 122 valence electrons. The van der Waals surface area contributed by atoms with Crippen LogP contribution in [0.3, 0.4) is 0 Å². The van der Waals surface area contributed by atoms with Gasteiger partial charge >= 0.3 is 0 Å². The van der Waals surface area contributed by atoms with Gasteiger partial charge in [0.15, 0.2) is 0 Å². The van der Waals surface area contributed by atoms with E-state index in [2.05, 4.69) is 17.2 Å². The van der Waals surface area contributed by atoms with Crippen molar-refractivity contribution in [2.24, 2.45) is 5.92 Å². The van der Waals surface area contributed by atoms with Gasteiger partial charge in [0.05, 0.1) is 10.9 Å². The predicted octanol–water partition coefficient (Wildman–Crippen LogP) is 2.40. The first kappa shape index (κ1) is 15.7. The van der Waals surface area contributed by atoms with Crippen molar-refractivity contribution >= 4 is 16.8 Å². The number of hydrogen-bond donors (Lipinski definition) is 1. The van der Waals surface area contributed by atoms with Crippen LogP contribution in [0.2, 0.25) is 0 Å². The molecule has 0 saturated heterocycles. The lowest BCUT2D eigenvalue weighted by atomic mass is 9.86. The van der Waals surface area contributed by atoms with Crippen LogP contribution in [0, 0.1) is 12.8 Å². The molecule has 1 aromatic heterocycles. The molecule has 1 saturated carbocycles. The summed E-state index contributed by atoms with van der Waals surface area (Å²) < 4.78 is 1.46. The molecule has 2 atom stereocenters. The third-order valence-electron chi connectivity index (χ3n) is 4.81. The highest BCUT2D eigenvalue weighted by molar-refractivity contribution is 5.79. The summed E-state index contributed by atoms with van der Waals surface area (Å²) in [5.41, 5.74) is 0.521. The van der Waals surface area contributed by atoms with Crippen LogP contribution in [0.25, 0.3) is 10.9 Å². The van der Waals surface area contributed by atoms with Crippen LogP contribution >= 0.6 is 0 Å². The van der Waals surface area contributed by atoms with Gasteiger partial charge in [-0.15, -0.1) is 0 Å². The van der Waals surface area contributed by atoms with Crippen molar-refractivity contribution < 1.29 is 4.79 Å². The average Bonchev–Trinajstić information content (AvgIpc) is 2.54. The van der Waals surface area contributed by atoms with Crippen LogP contribution in [-0.2, 0) is 11.3 Å². The van der Waals surface area contributed by atoms with E-state index >= 15 is 0 Å². The molecule has 0 radical (unpaired) electrons. The summed E-state index contributed by atoms with van der Waals surface area (Å²) >= 11 is 0. The Hall–Kier alpha value is -2.17. The van der Waals surface area contributed by atoms with E-state index in [0.29, 0.717) is 22.6 Å². The number of aryl methyl sites for hydroxylation is 1. The number of hydrogen-bond acceptors (Lipinski definition) is 3. The quantitative estimate of drug-likeness (QED) is 0.946. The number of aromatic nitrogens is 2. The topological polar surface area (TPSA) is 64.0 Å². The summed E-state index contributed by atoms with van der Waals surface area (Å²) in [6.07, 6.45) is 4.57. The first-order valence-corrected chi connectivity index (χ1v) is 8.32. The zero-order valence-corrected chi connectivity index (χ0v) is 13.7. The molecule has 5 nitrogen and oxygen atoms in total. The number of amides is 1. The molecule has 1 aromatic carbocycles. The number of nitrogens with zero attached hydrogens (tertiary/aromatic N) is 2. The Labute approximate surface area is 135 Å². The van der Waals surface area contributed by atoms with Gasteiger partial charge in [0, 0.05) is 6.04 Å². The molecule has 1 aliphatic rings. The summed E-state index contributed by atoms with van der Waals surface area (Å²) in [6, 6.07) is 7.46. The summed E-state index contributed by atoms with van der Waals surface area (Å²) in [7, 11) is 0. The zero-order chi connectivity index (χ0) is 16.4. The van der Waals surface area contributed by atoms with Crippen LogP contribution in [0.15, 0.2) is 29.1 Å². The fourth-order valence-corrected chi connectivity index (χ4v) is 3.39. The van der Waals surface area contributed by atoms with Gasteiger partial charge < -0.3 is 5.32 Å². The summed E-state index contributed by atoms with van der Waals surface area (Å²) in [4.78, 5) is 29.4. The van der Waals surface area contributed by atoms with Gasteiger partial charge in [-0.1, -0.05) is 31.9 Å². The molecule has 2 aromatic rings. The Morgan fingerprint density at radius 2 is 2.04 bits per heavy atom. The van der Waals surface area contributed by atoms with E-state index in [1.807, 2.05) is 18.2 Å². The van der Waals surface area contributed by atoms with Crippen LogP contribution < -0.4 is 10.9 Å². The van der Waals surface area contributed by atoms with Gasteiger partial charge in [0.2, 0.25) is 5.91 Å². The maximum Gasteiger partial charge on any atom is 0.261 e. The number of rotatable bonds is 3. The molecule has 0 bridgehead atoms. The highest BCUT2D eigenvalue weighted by Crippen LogP contribution is 2.23. The highest BCUT2D eigenvalue weighted by Gasteiger charge is 2.23. The molecule has 0 spiro atoms. The minimum absolute atomic E-state index is 0.0335. The van der Waals surface area contributed by atoms with Gasteiger partial charge in [0.1, 0.15) is 12.4 Å². The second-order valence-corrected chi connectivity index (χ2v) is 6.50. The Balaban J connectivity index is 1.81. The smallest absolute Gasteiger partial charge is 0.261 e. The molecule has 3 rings (SSSR count). The molecule has 5 heteroatoms. The van der Waals surface area contributed by atoms with E-state index in [0.717, 1.165) is 19.3 Å². The van der Waals surface area contributed by atoms with E-state index in [1.165, 1.54) is 11.0 Å². The second kappa shape index (κ2) is 6.52. The Morgan fingerprint density at radius 1 is 1.30 bits per heavy atom. The number of carbonyl (C=O) groups excluding carboxylic acids is 1. The molecule has 1 aliphatic carbocycles. The van der Waals surface area contributed by atoms with Gasteiger partial charge in [-0.05, 0) is 37.8 Å². The lowest BCUT2D eigenvalue weighted by molar-refractivity contribution is -0.123. The lowest BCUT2D eigenvalue weighted by Gasteiger charge is -2.29. The minimum Gasteiger partial charge on any atom is -0.352 e. The SMILES string of the molecule is Cc1nc2ccccc2c(=O)n1CC(=O)N[C@@H]1CCCC[C@H]1C. The molecule has 1 amide bonds. The molecule has 23 heavy (non-hydrogen) atoms. The Kier molecular flexibility index (Phi) is 4.46. The molecular formula is C18H23N3O2. The third-order valence-corrected chi connectivity index (χ3v) is 4.81. The van der Waals surface area contributed by atoms with Gasteiger partial charge in [-0.2, -0.15) is 0 Å². The fraction of sp³-hybridized carbons (Fsp3) is 0.500. The lowest BCUT2D eigenvalue weighted by Crippen LogP contribution is -2.43. The molecule has 1 heterocycles. The molecular weight excluding hydrogens is 290 g/mol. The first-order chi connectivity index (χ1) is 11.1. The number of benzene rings is 1. The van der Waals surface area contributed by atoms with Crippen molar-refractivity contribution in [2.75, 3.05) is 0 Å². The van der Waals surface area contributed by atoms with Crippen molar-refractivity contribution in [1.29, 1.82) is 0 Å². The second-order valence-electron chi connectivity index (χ2n) is 6.50. The van der Waals surface area contributed by atoms with Crippen molar-refractivity contribution in [3.8, 4) is 0 Å². The maximum atomic E-state index is 12.6. The largest absolute Gasteiger partial charge is 0.352 e. The van der Waals surface area contributed by atoms with Gasteiger partial charge in [0.25, 0.3) is 5.56 Å². The number of fused-ring (bicyclic) bond motifs is 1. The monoisotopic (exact) mass is 313 g/mol. The minimum atomic E-state index is -0.153. The molecule has 1 N–H and O–H groups in total. The van der Waals surface area contributed by atoms with Crippen molar-refractivity contribution in [3.05, 3.63) is 40.4 Å². The van der Waals surface area contributed by atoms with Gasteiger partial charge in [-0.25, -0.2) is 4.98 Å². The van der Waals surface area contributed by atoms with Gasteiger partial charge in [-0.3, -0.25) is 14.2 Å². The molecule has 1 fully saturated rings. The first-order valence-electron chi connectivity index (χ1n) is 8.32. The summed E-state index contributed by atoms with van der Waals surface area (Å²) in [5.74, 6) is 0.965. The van der Waals surface area contributed by atoms with Crippen LogP contribution in [0.5, 0.6) is 0 Å². The van der Waals surface area contributed by atoms with E-state index in [4.69, 9.17) is 0 Å². The van der Waals surface area contributed by atoms with Crippen LogP contribution in [0.1, 0.15) is 38.4 Å².